The Labute approximate surface area is 176 Å². The summed E-state index contributed by atoms with van der Waals surface area (Å²) in [6.45, 7) is 3.39. The van der Waals surface area contributed by atoms with E-state index >= 15 is 0 Å². The molecule has 2 heterocycles. The minimum atomic E-state index is -0.734. The number of thiophene rings is 1. The summed E-state index contributed by atoms with van der Waals surface area (Å²) in [5, 5.41) is 15.4. The number of aliphatic hydroxyl groups excluding tert-OH is 1. The van der Waals surface area contributed by atoms with Crippen molar-refractivity contribution in [3.8, 4) is 0 Å². The number of benzene rings is 1. The van der Waals surface area contributed by atoms with Crippen molar-refractivity contribution < 1.29 is 23.8 Å². The first-order chi connectivity index (χ1) is 14.5. The number of anilines is 1. The van der Waals surface area contributed by atoms with E-state index < -0.39 is 17.8 Å². The molecule has 30 heavy (non-hydrogen) atoms. The van der Waals surface area contributed by atoms with Crippen LogP contribution < -0.4 is 10.6 Å². The van der Waals surface area contributed by atoms with Crippen molar-refractivity contribution in [3.05, 3.63) is 72.3 Å². The molecule has 0 spiro atoms. The zero-order valence-corrected chi connectivity index (χ0v) is 16.7. The van der Waals surface area contributed by atoms with Crippen molar-refractivity contribution in [2.45, 2.75) is 12.5 Å². The van der Waals surface area contributed by atoms with Gasteiger partial charge in [0.15, 0.2) is 0 Å². The molecule has 0 aliphatic rings. The normalized spacial score (nSPS) is 11.7. The van der Waals surface area contributed by atoms with Crippen molar-refractivity contribution in [2.75, 3.05) is 18.5 Å². The summed E-state index contributed by atoms with van der Waals surface area (Å²) < 4.78 is 19.4. The van der Waals surface area contributed by atoms with E-state index in [-0.39, 0.29) is 25.7 Å². The van der Waals surface area contributed by atoms with Crippen LogP contribution in [0.15, 0.2) is 55.4 Å². The molecular formula is C21H20FN3O4S. The molecule has 0 fully saturated rings. The fourth-order valence-corrected chi connectivity index (χ4v) is 3.73. The van der Waals surface area contributed by atoms with E-state index in [1.54, 1.807) is 30.3 Å². The third kappa shape index (κ3) is 5.19. The predicted octanol–water partition coefficient (Wildman–Crippen LogP) is 3.56. The van der Waals surface area contributed by atoms with Crippen LogP contribution in [0.5, 0.6) is 0 Å². The number of carbonyl (C=O) groups excluding carboxylic acids is 2. The molecule has 2 aromatic heterocycles. The summed E-state index contributed by atoms with van der Waals surface area (Å²) in [4.78, 5) is 28.6. The topological polar surface area (TPSA) is 101 Å². The van der Waals surface area contributed by atoms with E-state index in [2.05, 4.69) is 22.2 Å². The number of fused-ring (bicyclic) bond motifs is 1. The van der Waals surface area contributed by atoms with Crippen LogP contribution in [0.2, 0.25) is 0 Å². The quantitative estimate of drug-likeness (QED) is 0.476. The first-order valence-electron chi connectivity index (χ1n) is 9.07. The van der Waals surface area contributed by atoms with Gasteiger partial charge in [-0.15, -0.1) is 11.3 Å². The van der Waals surface area contributed by atoms with E-state index in [0.717, 1.165) is 6.20 Å². The maximum absolute atomic E-state index is 13.9. The maximum atomic E-state index is 13.9. The highest BCUT2D eigenvalue weighted by Crippen LogP contribution is 2.31. The molecule has 1 atom stereocenters. The summed E-state index contributed by atoms with van der Waals surface area (Å²) in [6.07, 6.45) is 3.41. The van der Waals surface area contributed by atoms with Gasteiger partial charge in [0.25, 0.3) is 0 Å². The second-order valence-corrected chi connectivity index (χ2v) is 7.44. The van der Waals surface area contributed by atoms with Crippen molar-refractivity contribution in [2.24, 2.45) is 0 Å². The molecule has 7 nitrogen and oxygen atoms in total. The molecule has 0 aliphatic carbocycles. The summed E-state index contributed by atoms with van der Waals surface area (Å²) in [7, 11) is 0. The van der Waals surface area contributed by atoms with Gasteiger partial charge in [-0.25, -0.2) is 9.18 Å². The Hall–Kier alpha value is -3.30. The lowest BCUT2D eigenvalue weighted by Gasteiger charge is -2.17. The molecule has 3 rings (SSSR count). The highest BCUT2D eigenvalue weighted by Gasteiger charge is 2.23. The first-order valence-corrected chi connectivity index (χ1v) is 9.88. The number of pyridine rings is 1. The third-order valence-electron chi connectivity index (χ3n) is 4.31. The molecule has 2 amide bonds. The van der Waals surface area contributed by atoms with Gasteiger partial charge in [0.1, 0.15) is 12.4 Å². The average Bonchev–Trinajstić information content (AvgIpc) is 3.16. The van der Waals surface area contributed by atoms with Gasteiger partial charge >= 0.3 is 6.09 Å². The SMILES string of the molecule is C=CCOC(=O)NCC(C(=O)Nc1cc2c(F)cncc2s1)c1ccc(CO)cc1. The zero-order valence-electron chi connectivity index (χ0n) is 15.9. The number of nitrogens with one attached hydrogen (secondary N) is 2. The number of carbonyl (C=O) groups is 2. The number of alkyl carbamates (subject to hydrolysis) is 1. The van der Waals surface area contributed by atoms with Gasteiger partial charge in [0.2, 0.25) is 5.91 Å². The minimum Gasteiger partial charge on any atom is -0.445 e. The fourth-order valence-electron chi connectivity index (χ4n) is 2.79. The zero-order chi connectivity index (χ0) is 21.5. The van der Waals surface area contributed by atoms with Gasteiger partial charge in [-0.05, 0) is 17.2 Å². The second kappa shape index (κ2) is 9.95. The number of amides is 2. The van der Waals surface area contributed by atoms with Crippen LogP contribution in [-0.4, -0.2) is 35.2 Å². The largest absolute Gasteiger partial charge is 0.445 e. The Kier molecular flexibility index (Phi) is 7.10. The molecule has 1 aromatic carbocycles. The minimum absolute atomic E-state index is 0.0128. The summed E-state index contributed by atoms with van der Waals surface area (Å²) in [5.74, 6) is -1.58. The highest BCUT2D eigenvalue weighted by atomic mass is 32.1. The standard InChI is InChI=1S/C21H20FN3O4S/c1-2-7-29-21(28)24-9-16(14-5-3-13(12-26)4-6-14)20(27)25-19-8-15-17(22)10-23-11-18(15)30-19/h2-6,8,10-11,16,26H,1,7,9,12H2,(H,24,28)(H,25,27). The Morgan fingerprint density at radius 2 is 2.07 bits per heavy atom. The molecule has 0 radical (unpaired) electrons. The lowest BCUT2D eigenvalue weighted by atomic mass is 9.97. The Bertz CT molecular complexity index is 1050. The van der Waals surface area contributed by atoms with E-state index in [1.807, 2.05) is 0 Å². The Balaban J connectivity index is 1.79. The second-order valence-electron chi connectivity index (χ2n) is 6.35. The molecule has 0 saturated heterocycles. The van der Waals surface area contributed by atoms with Crippen LogP contribution in [0.25, 0.3) is 10.1 Å². The third-order valence-corrected chi connectivity index (χ3v) is 5.29. The number of hydrogen-bond donors (Lipinski definition) is 3. The molecule has 1 unspecified atom stereocenters. The van der Waals surface area contributed by atoms with Gasteiger partial charge in [-0.3, -0.25) is 9.78 Å². The fraction of sp³-hybridized carbons (Fsp3) is 0.190. The van der Waals surface area contributed by atoms with Gasteiger partial charge in [0.05, 0.1) is 28.4 Å². The monoisotopic (exact) mass is 429 g/mol. The van der Waals surface area contributed by atoms with E-state index in [1.165, 1.54) is 23.6 Å². The number of halogens is 1. The maximum Gasteiger partial charge on any atom is 0.407 e. The lowest BCUT2D eigenvalue weighted by Crippen LogP contribution is -2.34. The summed E-state index contributed by atoms with van der Waals surface area (Å²) in [6, 6.07) is 8.37. The number of aromatic nitrogens is 1. The molecule has 3 N–H and O–H groups in total. The van der Waals surface area contributed by atoms with Crippen LogP contribution in [0.1, 0.15) is 17.0 Å². The van der Waals surface area contributed by atoms with E-state index in [4.69, 9.17) is 4.74 Å². The predicted molar refractivity (Wildman–Crippen MR) is 113 cm³/mol. The van der Waals surface area contributed by atoms with Crippen molar-refractivity contribution in [1.29, 1.82) is 0 Å². The van der Waals surface area contributed by atoms with Crippen LogP contribution >= 0.6 is 11.3 Å². The first kappa shape index (κ1) is 21.4. The molecule has 3 aromatic rings. The Morgan fingerprint density at radius 1 is 1.30 bits per heavy atom. The van der Waals surface area contributed by atoms with E-state index in [9.17, 15) is 19.1 Å². The summed E-state index contributed by atoms with van der Waals surface area (Å²) in [5.41, 5.74) is 1.34. The Morgan fingerprint density at radius 3 is 2.73 bits per heavy atom. The van der Waals surface area contributed by atoms with Crippen molar-refractivity contribution >= 4 is 38.4 Å². The van der Waals surface area contributed by atoms with Crippen LogP contribution in [-0.2, 0) is 16.1 Å². The molecule has 9 heteroatoms. The number of aliphatic hydroxyl groups is 1. The molecule has 0 aliphatic heterocycles. The molecule has 0 saturated carbocycles. The number of hydrogen-bond acceptors (Lipinski definition) is 6. The van der Waals surface area contributed by atoms with Gasteiger partial charge < -0.3 is 20.5 Å². The van der Waals surface area contributed by atoms with Crippen LogP contribution in [0.4, 0.5) is 14.2 Å². The van der Waals surface area contributed by atoms with E-state index in [0.29, 0.717) is 26.2 Å². The molecule has 156 valence electrons. The average molecular weight is 429 g/mol. The lowest BCUT2D eigenvalue weighted by molar-refractivity contribution is -0.117. The molecular weight excluding hydrogens is 409 g/mol. The number of nitrogens with zero attached hydrogens (tertiary/aromatic N) is 1. The number of rotatable bonds is 8. The van der Waals surface area contributed by atoms with Crippen LogP contribution in [0.3, 0.4) is 0 Å². The van der Waals surface area contributed by atoms with Gasteiger partial charge in [0, 0.05) is 18.1 Å². The highest BCUT2D eigenvalue weighted by molar-refractivity contribution is 7.22. The van der Waals surface area contributed by atoms with Crippen molar-refractivity contribution in [1.82, 2.24) is 10.3 Å². The van der Waals surface area contributed by atoms with Gasteiger partial charge in [-0.2, -0.15) is 0 Å². The smallest absolute Gasteiger partial charge is 0.407 e. The van der Waals surface area contributed by atoms with Gasteiger partial charge in [-0.1, -0.05) is 36.9 Å². The summed E-state index contributed by atoms with van der Waals surface area (Å²) >= 11 is 1.20. The van der Waals surface area contributed by atoms with Crippen LogP contribution in [0, 0.1) is 5.82 Å². The number of ether oxygens (including phenoxy) is 1. The molecule has 0 bridgehead atoms. The van der Waals surface area contributed by atoms with Crippen molar-refractivity contribution in [3.63, 3.8) is 0 Å².